The monoisotopic (exact) mass is 286 g/mol. The Kier molecular flexibility index (Phi) is 4.23. The quantitative estimate of drug-likeness (QED) is 0.926. The first-order valence-electron chi connectivity index (χ1n) is 6.81. The fourth-order valence-electron chi connectivity index (χ4n) is 2.75. The predicted octanol–water partition coefficient (Wildman–Crippen LogP) is 2.97. The molecule has 0 amide bonds. The fraction of sp³-hybridized carbons (Fsp3) is 0.786. The van der Waals surface area contributed by atoms with E-state index in [4.69, 9.17) is 16.3 Å². The van der Waals surface area contributed by atoms with Crippen LogP contribution in [0.25, 0.3) is 0 Å². The molecule has 0 saturated heterocycles. The molecule has 1 aromatic heterocycles. The lowest BCUT2D eigenvalue weighted by molar-refractivity contribution is -0.0378. The third kappa shape index (κ3) is 3.12. The number of hydrogen-bond donors (Lipinski definition) is 1. The van der Waals surface area contributed by atoms with Crippen LogP contribution in [0.4, 0.5) is 0 Å². The van der Waals surface area contributed by atoms with Crippen LogP contribution in [-0.2, 0) is 16.9 Å². The Hall–Kier alpha value is -0.580. The van der Waals surface area contributed by atoms with Gasteiger partial charge in [-0.05, 0) is 31.1 Å². The summed E-state index contributed by atoms with van der Waals surface area (Å²) in [7, 11) is 1.66. The standard InChI is InChI=1S/C14H23ClN2O2/c1-13(2)4-6-14(18,7-5-13)12-11(15)10-16-17(12)8-9-19-3/h10,18H,4-9H2,1-3H3. The van der Waals surface area contributed by atoms with Gasteiger partial charge in [-0.15, -0.1) is 0 Å². The van der Waals surface area contributed by atoms with Crippen molar-refractivity contribution in [2.24, 2.45) is 5.41 Å². The first kappa shape index (κ1) is 14.8. The average Bonchev–Trinajstić information content (AvgIpc) is 2.73. The maximum absolute atomic E-state index is 10.9. The Bertz CT molecular complexity index is 433. The SMILES string of the molecule is COCCn1ncc(Cl)c1C1(O)CCC(C)(C)CC1. The third-order valence-corrected chi connectivity index (χ3v) is 4.45. The molecule has 4 nitrogen and oxygen atoms in total. The van der Waals surface area contributed by atoms with Crippen molar-refractivity contribution in [3.05, 3.63) is 16.9 Å². The Morgan fingerprint density at radius 2 is 2.00 bits per heavy atom. The molecule has 1 N–H and O–H groups in total. The maximum Gasteiger partial charge on any atom is 0.108 e. The third-order valence-electron chi connectivity index (χ3n) is 4.17. The molecule has 1 aliphatic carbocycles. The lowest BCUT2D eigenvalue weighted by Crippen LogP contribution is -2.37. The molecule has 1 fully saturated rings. The van der Waals surface area contributed by atoms with Crippen LogP contribution in [0.2, 0.25) is 5.02 Å². The van der Waals surface area contributed by atoms with Gasteiger partial charge in [0.25, 0.3) is 0 Å². The van der Waals surface area contributed by atoms with Crippen molar-refractivity contribution >= 4 is 11.6 Å². The molecule has 0 atom stereocenters. The Balaban J connectivity index is 2.23. The first-order chi connectivity index (χ1) is 8.88. The molecule has 5 heteroatoms. The normalized spacial score (nSPS) is 21.5. The van der Waals surface area contributed by atoms with Crippen molar-refractivity contribution in [1.82, 2.24) is 9.78 Å². The Morgan fingerprint density at radius 1 is 1.37 bits per heavy atom. The van der Waals surface area contributed by atoms with Crippen molar-refractivity contribution in [2.45, 2.75) is 51.7 Å². The number of ether oxygens (including phenoxy) is 1. The molecule has 0 unspecified atom stereocenters. The average molecular weight is 287 g/mol. The summed E-state index contributed by atoms with van der Waals surface area (Å²) in [6.07, 6.45) is 5.08. The second-order valence-corrected chi connectivity index (χ2v) is 6.66. The van der Waals surface area contributed by atoms with Crippen molar-refractivity contribution < 1.29 is 9.84 Å². The van der Waals surface area contributed by atoms with E-state index < -0.39 is 5.60 Å². The Morgan fingerprint density at radius 3 is 2.58 bits per heavy atom. The van der Waals surface area contributed by atoms with Gasteiger partial charge in [-0.25, -0.2) is 0 Å². The molecular weight excluding hydrogens is 264 g/mol. The predicted molar refractivity (Wildman–Crippen MR) is 75.3 cm³/mol. The number of aromatic nitrogens is 2. The minimum Gasteiger partial charge on any atom is -0.384 e. The summed E-state index contributed by atoms with van der Waals surface area (Å²) in [5, 5.41) is 15.7. The van der Waals surface area contributed by atoms with E-state index in [-0.39, 0.29) is 0 Å². The highest BCUT2D eigenvalue weighted by atomic mass is 35.5. The van der Waals surface area contributed by atoms with Crippen LogP contribution in [0.15, 0.2) is 6.20 Å². The molecular formula is C14H23ClN2O2. The molecule has 2 rings (SSSR count). The van der Waals surface area contributed by atoms with E-state index in [1.54, 1.807) is 18.0 Å². The first-order valence-corrected chi connectivity index (χ1v) is 7.19. The molecule has 0 aromatic carbocycles. The number of nitrogens with zero attached hydrogens (tertiary/aromatic N) is 2. The minimum atomic E-state index is -0.850. The van der Waals surface area contributed by atoms with Crippen LogP contribution in [0.3, 0.4) is 0 Å². The van der Waals surface area contributed by atoms with Crippen LogP contribution in [0.5, 0.6) is 0 Å². The van der Waals surface area contributed by atoms with Crippen molar-refractivity contribution in [2.75, 3.05) is 13.7 Å². The molecule has 1 aliphatic rings. The van der Waals surface area contributed by atoms with Gasteiger partial charge in [-0.3, -0.25) is 4.68 Å². The fourth-order valence-corrected chi connectivity index (χ4v) is 3.07. The van der Waals surface area contributed by atoms with Gasteiger partial charge < -0.3 is 9.84 Å². The molecule has 0 radical (unpaired) electrons. The van der Waals surface area contributed by atoms with Gasteiger partial charge >= 0.3 is 0 Å². The molecule has 1 heterocycles. The number of hydrogen-bond acceptors (Lipinski definition) is 3. The van der Waals surface area contributed by atoms with Gasteiger partial charge in [0, 0.05) is 7.11 Å². The molecule has 1 saturated carbocycles. The number of methoxy groups -OCH3 is 1. The lowest BCUT2D eigenvalue weighted by Gasteiger charge is -2.40. The van der Waals surface area contributed by atoms with E-state index in [9.17, 15) is 5.11 Å². The molecule has 19 heavy (non-hydrogen) atoms. The minimum absolute atomic E-state index is 0.302. The van der Waals surface area contributed by atoms with Crippen LogP contribution >= 0.6 is 11.6 Å². The second-order valence-electron chi connectivity index (χ2n) is 6.25. The van der Waals surface area contributed by atoms with E-state index in [0.717, 1.165) is 31.4 Å². The molecule has 0 spiro atoms. The zero-order valence-corrected chi connectivity index (χ0v) is 12.7. The number of halogens is 1. The zero-order valence-electron chi connectivity index (χ0n) is 11.9. The number of aliphatic hydroxyl groups is 1. The van der Waals surface area contributed by atoms with Crippen molar-refractivity contribution in [1.29, 1.82) is 0 Å². The molecule has 0 aliphatic heterocycles. The number of rotatable bonds is 4. The summed E-state index contributed by atoms with van der Waals surface area (Å²) in [6, 6.07) is 0. The topological polar surface area (TPSA) is 47.3 Å². The highest BCUT2D eigenvalue weighted by Gasteiger charge is 2.41. The zero-order chi connectivity index (χ0) is 14.1. The van der Waals surface area contributed by atoms with Crippen LogP contribution in [0, 0.1) is 5.41 Å². The highest BCUT2D eigenvalue weighted by molar-refractivity contribution is 6.31. The van der Waals surface area contributed by atoms with Crippen molar-refractivity contribution in [3.8, 4) is 0 Å². The summed E-state index contributed by atoms with van der Waals surface area (Å²) < 4.78 is 6.86. The van der Waals surface area contributed by atoms with Gasteiger partial charge in [-0.1, -0.05) is 25.4 Å². The van der Waals surface area contributed by atoms with Gasteiger partial charge in [0.15, 0.2) is 0 Å². The summed E-state index contributed by atoms with van der Waals surface area (Å²) in [4.78, 5) is 0. The van der Waals surface area contributed by atoms with Crippen LogP contribution in [-0.4, -0.2) is 28.6 Å². The second kappa shape index (κ2) is 5.43. The van der Waals surface area contributed by atoms with Gasteiger partial charge in [-0.2, -0.15) is 5.10 Å². The molecule has 1 aromatic rings. The van der Waals surface area contributed by atoms with E-state index in [1.165, 1.54) is 0 Å². The lowest BCUT2D eigenvalue weighted by atomic mass is 9.70. The maximum atomic E-state index is 10.9. The van der Waals surface area contributed by atoms with Gasteiger partial charge in [0.1, 0.15) is 5.60 Å². The molecule has 0 bridgehead atoms. The van der Waals surface area contributed by atoms with Crippen molar-refractivity contribution in [3.63, 3.8) is 0 Å². The summed E-state index contributed by atoms with van der Waals surface area (Å²) in [6.45, 7) is 5.67. The largest absolute Gasteiger partial charge is 0.384 e. The van der Waals surface area contributed by atoms with Crippen LogP contribution < -0.4 is 0 Å². The molecule has 108 valence electrons. The summed E-state index contributed by atoms with van der Waals surface area (Å²) >= 11 is 6.23. The van der Waals surface area contributed by atoms with E-state index in [1.807, 2.05) is 0 Å². The highest BCUT2D eigenvalue weighted by Crippen LogP contribution is 2.46. The smallest absolute Gasteiger partial charge is 0.108 e. The van der Waals surface area contributed by atoms with Gasteiger partial charge in [0.05, 0.1) is 30.1 Å². The Labute approximate surface area is 119 Å². The summed E-state index contributed by atoms with van der Waals surface area (Å²) in [5.41, 5.74) is 0.203. The van der Waals surface area contributed by atoms with E-state index in [0.29, 0.717) is 23.6 Å². The van der Waals surface area contributed by atoms with E-state index in [2.05, 4.69) is 18.9 Å². The van der Waals surface area contributed by atoms with Gasteiger partial charge in [0.2, 0.25) is 0 Å². The summed E-state index contributed by atoms with van der Waals surface area (Å²) in [5.74, 6) is 0. The van der Waals surface area contributed by atoms with E-state index >= 15 is 0 Å². The van der Waals surface area contributed by atoms with Crippen LogP contribution in [0.1, 0.15) is 45.2 Å².